The van der Waals surface area contributed by atoms with Crippen molar-refractivity contribution in [3.63, 3.8) is 0 Å². The van der Waals surface area contributed by atoms with Crippen molar-refractivity contribution in [1.82, 2.24) is 0 Å². The summed E-state index contributed by atoms with van der Waals surface area (Å²) in [4.78, 5) is 0. The van der Waals surface area contributed by atoms with Gasteiger partial charge >= 0.3 is 51.2 Å². The summed E-state index contributed by atoms with van der Waals surface area (Å²) in [7, 11) is 0. The van der Waals surface area contributed by atoms with Crippen LogP contribution in [0.1, 0.15) is 30.5 Å². The Labute approximate surface area is 255 Å². The first kappa shape index (κ1) is 34.7. The SMILES string of the molecule is CC(C)C([c-]1cccc1)([c-]1cccc1)[c-]1cccc1.[Fe+2].[Fe+2].[Fe+2].c1cc[cH-]c1.c1cc[cH-]c1.c1cc[cH-]c1. The Morgan fingerprint density at radius 2 is 0.622 bits per heavy atom. The quantitative estimate of drug-likeness (QED) is 0.138. The molecule has 0 bridgehead atoms. The van der Waals surface area contributed by atoms with Crippen LogP contribution in [0.2, 0.25) is 0 Å². The van der Waals surface area contributed by atoms with Crippen molar-refractivity contribution in [2.24, 2.45) is 5.92 Å². The smallest absolute Gasteiger partial charge is 0.214 e. The second-order valence-corrected chi connectivity index (χ2v) is 8.37. The van der Waals surface area contributed by atoms with E-state index >= 15 is 0 Å². The molecule has 0 unspecified atom stereocenters. The van der Waals surface area contributed by atoms with Crippen LogP contribution in [-0.4, -0.2) is 0 Å². The molecule has 0 saturated heterocycles. The molecule has 0 saturated carbocycles. The average Bonchev–Trinajstić information content (AvgIpc) is 3.73. The van der Waals surface area contributed by atoms with Crippen molar-refractivity contribution < 1.29 is 51.2 Å². The molecule has 0 atom stereocenters. The number of rotatable bonds is 4. The van der Waals surface area contributed by atoms with Gasteiger partial charge in [0.05, 0.1) is 0 Å². The molecule has 0 fully saturated rings. The van der Waals surface area contributed by atoms with Crippen LogP contribution in [0.3, 0.4) is 0 Å². The minimum Gasteiger partial charge on any atom is -0.214 e. The van der Waals surface area contributed by atoms with Crippen LogP contribution in [0.4, 0.5) is 0 Å². The van der Waals surface area contributed by atoms with Crippen LogP contribution in [0, 0.1) is 5.92 Å². The number of hydrogen-bond donors (Lipinski definition) is 0. The van der Waals surface area contributed by atoms with Gasteiger partial charge < -0.3 is 0 Å². The maximum atomic E-state index is 2.31. The van der Waals surface area contributed by atoms with Gasteiger partial charge in [-0.25, -0.2) is 72.8 Å². The molecule has 37 heavy (non-hydrogen) atoms. The van der Waals surface area contributed by atoms with Crippen molar-refractivity contribution in [2.75, 3.05) is 0 Å². The third kappa shape index (κ3) is 10.1. The predicted molar refractivity (Wildman–Crippen MR) is 147 cm³/mol. The van der Waals surface area contributed by atoms with Crippen LogP contribution in [0.25, 0.3) is 0 Å². The first-order valence-corrected chi connectivity index (χ1v) is 11.9. The van der Waals surface area contributed by atoms with Gasteiger partial charge in [0, 0.05) is 0 Å². The molecule has 0 aromatic heterocycles. The van der Waals surface area contributed by atoms with Crippen molar-refractivity contribution in [3.05, 3.63) is 180 Å². The van der Waals surface area contributed by atoms with Crippen molar-refractivity contribution in [3.8, 4) is 0 Å². The maximum Gasteiger partial charge on any atom is 2.00 e. The topological polar surface area (TPSA) is 0 Å². The van der Waals surface area contributed by atoms with Gasteiger partial charge in [-0.3, -0.25) is 0 Å². The van der Waals surface area contributed by atoms with Gasteiger partial charge in [0.25, 0.3) is 0 Å². The molecular formula is C34H34Fe3. The van der Waals surface area contributed by atoms with E-state index in [0.29, 0.717) is 5.92 Å². The molecule has 0 aliphatic rings. The molecule has 0 heterocycles. The second-order valence-electron chi connectivity index (χ2n) is 8.37. The molecule has 0 aliphatic carbocycles. The van der Waals surface area contributed by atoms with Gasteiger partial charge in [-0.1, -0.05) is 25.2 Å². The van der Waals surface area contributed by atoms with Crippen LogP contribution in [0.15, 0.2) is 164 Å². The summed E-state index contributed by atoms with van der Waals surface area (Å²) in [6, 6.07) is 56.3. The van der Waals surface area contributed by atoms with E-state index < -0.39 is 0 Å². The molecular weight excluding hydrogens is 576 g/mol. The fourth-order valence-corrected chi connectivity index (χ4v) is 4.37. The summed E-state index contributed by atoms with van der Waals surface area (Å²) in [6.07, 6.45) is 0. The maximum absolute atomic E-state index is 2.31. The molecule has 0 radical (unpaired) electrons. The van der Waals surface area contributed by atoms with E-state index in [1.165, 1.54) is 16.7 Å². The first-order chi connectivity index (χ1) is 16.8. The molecule has 6 rings (SSSR count). The average molecular weight is 610 g/mol. The van der Waals surface area contributed by atoms with Crippen LogP contribution >= 0.6 is 0 Å². The van der Waals surface area contributed by atoms with Gasteiger partial charge in [0.15, 0.2) is 0 Å². The van der Waals surface area contributed by atoms with Crippen LogP contribution < -0.4 is 0 Å². The Bertz CT molecular complexity index is 941. The first-order valence-electron chi connectivity index (χ1n) is 11.9. The zero-order valence-corrected chi connectivity index (χ0v) is 24.5. The van der Waals surface area contributed by atoms with Gasteiger partial charge in [0.2, 0.25) is 0 Å². The van der Waals surface area contributed by atoms with Crippen molar-refractivity contribution in [1.29, 1.82) is 0 Å². The summed E-state index contributed by atoms with van der Waals surface area (Å²) in [6.45, 7) is 4.62. The molecule has 0 nitrogen and oxygen atoms in total. The minimum atomic E-state index is -0.0312. The zero-order valence-electron chi connectivity index (χ0n) is 21.2. The Hall–Kier alpha value is -2.34. The Morgan fingerprint density at radius 1 is 0.405 bits per heavy atom. The molecule has 0 amide bonds. The van der Waals surface area contributed by atoms with E-state index in [9.17, 15) is 0 Å². The third-order valence-corrected chi connectivity index (χ3v) is 5.89. The predicted octanol–water partition coefficient (Wildman–Crippen LogP) is 9.04. The molecule has 6 aromatic rings. The second kappa shape index (κ2) is 19.7. The molecule has 6 aromatic carbocycles. The van der Waals surface area contributed by atoms with E-state index in [1.54, 1.807) is 0 Å². The fraction of sp³-hybridized carbons (Fsp3) is 0.118. The number of hydrogen-bond acceptors (Lipinski definition) is 0. The van der Waals surface area contributed by atoms with Crippen molar-refractivity contribution in [2.45, 2.75) is 19.3 Å². The zero-order chi connectivity index (χ0) is 23.9. The van der Waals surface area contributed by atoms with E-state index in [4.69, 9.17) is 0 Å². The van der Waals surface area contributed by atoms with Gasteiger partial charge in [-0.05, 0) is 0 Å². The van der Waals surface area contributed by atoms with Gasteiger partial charge in [0.1, 0.15) is 0 Å². The summed E-state index contributed by atoms with van der Waals surface area (Å²) >= 11 is 0. The monoisotopic (exact) mass is 610 g/mol. The molecule has 3 heteroatoms. The van der Waals surface area contributed by atoms with Crippen molar-refractivity contribution >= 4 is 0 Å². The van der Waals surface area contributed by atoms with Crippen LogP contribution in [-0.2, 0) is 56.6 Å². The summed E-state index contributed by atoms with van der Waals surface area (Å²) in [5, 5.41) is 0. The standard InChI is InChI=1S/C19H19.3C5H5.3Fe/c1-15(2)19(16-9-3-4-10-16,17-11-5-6-12-17)18-13-7-8-14-18;3*1-2-4-5-3-1;;;/h3-15H,1-2H3;3*1-5H;;;/q-3;3*-1;3*+2. The Kier molecular flexibility index (Phi) is 18.5. The fourth-order valence-electron chi connectivity index (χ4n) is 4.37. The third-order valence-electron chi connectivity index (χ3n) is 5.89. The summed E-state index contributed by atoms with van der Waals surface area (Å²) < 4.78 is 0. The Balaban J connectivity index is 0.000000589. The van der Waals surface area contributed by atoms with E-state index in [-0.39, 0.29) is 56.6 Å². The summed E-state index contributed by atoms with van der Waals surface area (Å²) in [5.41, 5.74) is 4.14. The van der Waals surface area contributed by atoms with Crippen LogP contribution in [0.5, 0.6) is 0 Å². The van der Waals surface area contributed by atoms with E-state index in [0.717, 1.165) is 0 Å². The van der Waals surface area contributed by atoms with E-state index in [1.807, 2.05) is 91.0 Å². The minimum absolute atomic E-state index is 0. The van der Waals surface area contributed by atoms with Gasteiger partial charge in [-0.15, -0.1) is 0 Å². The molecule has 0 N–H and O–H groups in total. The molecule has 194 valence electrons. The van der Waals surface area contributed by atoms with Gasteiger partial charge in [-0.2, -0.15) is 108 Å². The molecule has 0 aliphatic heterocycles. The van der Waals surface area contributed by atoms with E-state index in [2.05, 4.69) is 86.6 Å². The Morgan fingerprint density at radius 3 is 0.757 bits per heavy atom. The largest absolute Gasteiger partial charge is 2.00 e. The summed E-state index contributed by atoms with van der Waals surface area (Å²) in [5.74, 6) is 0.500. The normalized spacial score (nSPS) is 9.49. The molecule has 0 spiro atoms.